The number of aliphatic hydroxyl groups excluding tert-OH is 2. The van der Waals surface area contributed by atoms with Crippen LogP contribution in [0.2, 0.25) is 0 Å². The number of hydrogen-bond donors (Lipinski definition) is 6. The summed E-state index contributed by atoms with van der Waals surface area (Å²) < 4.78 is 0. The topological polar surface area (TPSA) is 190 Å². The van der Waals surface area contributed by atoms with Crippen LogP contribution in [-0.2, 0) is 32.1 Å². The number of ketones is 2. The quantitative estimate of drug-likeness (QED) is 0.225. The van der Waals surface area contributed by atoms with E-state index in [1.54, 1.807) is 20.2 Å². The van der Waals surface area contributed by atoms with Gasteiger partial charge in [-0.1, -0.05) is 30.3 Å². The van der Waals surface area contributed by atoms with Crippen molar-refractivity contribution in [2.24, 2.45) is 17.6 Å². The van der Waals surface area contributed by atoms with Gasteiger partial charge in [-0.05, 0) is 61.2 Å². The van der Waals surface area contributed by atoms with Crippen molar-refractivity contribution in [1.29, 1.82) is 0 Å². The van der Waals surface area contributed by atoms with E-state index in [0.717, 1.165) is 11.1 Å². The number of nitrogens with two attached hydrogens (primary N) is 1. The molecule has 40 heavy (non-hydrogen) atoms. The van der Waals surface area contributed by atoms with Crippen molar-refractivity contribution in [2.45, 2.75) is 31.0 Å². The molecule has 2 unspecified atom stereocenters. The van der Waals surface area contributed by atoms with Crippen LogP contribution in [0.3, 0.4) is 0 Å². The van der Waals surface area contributed by atoms with Crippen LogP contribution in [0.5, 0.6) is 5.75 Å². The first-order valence-corrected chi connectivity index (χ1v) is 12.7. The summed E-state index contributed by atoms with van der Waals surface area (Å²) in [5.41, 5.74) is 4.56. The van der Waals surface area contributed by atoms with Crippen LogP contribution in [0.15, 0.2) is 53.3 Å². The van der Waals surface area contributed by atoms with Gasteiger partial charge in [0.2, 0.25) is 12.2 Å². The fourth-order valence-corrected chi connectivity index (χ4v) is 6.48. The van der Waals surface area contributed by atoms with Crippen LogP contribution in [0.4, 0.5) is 0 Å². The molecule has 0 aromatic heterocycles. The fourth-order valence-electron chi connectivity index (χ4n) is 6.48. The zero-order valence-corrected chi connectivity index (χ0v) is 21.8. The number of carbonyl (C=O) groups excluding carboxylic acids is 4. The van der Waals surface area contributed by atoms with E-state index in [2.05, 4.69) is 5.32 Å². The molecule has 0 bridgehead atoms. The zero-order valence-electron chi connectivity index (χ0n) is 21.8. The molecule has 3 aliphatic rings. The number of primary amides is 1. The first-order chi connectivity index (χ1) is 18.9. The van der Waals surface area contributed by atoms with Crippen LogP contribution >= 0.6 is 0 Å². The third kappa shape index (κ3) is 3.81. The average Bonchev–Trinajstić information content (AvgIpc) is 2.89. The Kier molecular flexibility index (Phi) is 6.51. The third-order valence-corrected chi connectivity index (χ3v) is 8.26. The van der Waals surface area contributed by atoms with Gasteiger partial charge in [0.1, 0.15) is 22.8 Å². The number of aromatic hydroxyl groups is 1. The molecular weight excluding hydrogens is 518 g/mol. The van der Waals surface area contributed by atoms with E-state index in [4.69, 9.17) is 5.73 Å². The Morgan fingerprint density at radius 1 is 1.12 bits per heavy atom. The number of phenols is 1. The van der Waals surface area contributed by atoms with E-state index in [1.807, 2.05) is 24.3 Å². The molecule has 208 valence electrons. The molecule has 2 aromatic rings. The maximum atomic E-state index is 13.9. The summed E-state index contributed by atoms with van der Waals surface area (Å²) in [4.78, 5) is 51.3. The molecule has 11 heteroatoms. The summed E-state index contributed by atoms with van der Waals surface area (Å²) in [5, 5.41) is 47.4. The van der Waals surface area contributed by atoms with Crippen molar-refractivity contribution in [3.8, 4) is 16.9 Å². The number of rotatable bonds is 6. The lowest BCUT2D eigenvalue weighted by Gasteiger charge is -2.50. The fraction of sp³-hybridized carbons (Fsp3) is 0.310. The monoisotopic (exact) mass is 547 g/mol. The molecular formula is C29H29N3O8. The lowest BCUT2D eigenvalue weighted by molar-refractivity contribution is -0.153. The second-order valence-electron chi connectivity index (χ2n) is 10.6. The highest BCUT2D eigenvalue weighted by Gasteiger charge is 2.64. The maximum absolute atomic E-state index is 13.9. The van der Waals surface area contributed by atoms with Crippen molar-refractivity contribution in [3.05, 3.63) is 70.0 Å². The minimum atomic E-state index is -2.68. The van der Waals surface area contributed by atoms with Gasteiger partial charge in [0.15, 0.2) is 11.4 Å². The van der Waals surface area contributed by atoms with Crippen LogP contribution in [-0.4, -0.2) is 74.9 Å². The highest BCUT2D eigenvalue weighted by Crippen LogP contribution is 2.53. The Labute approximate surface area is 229 Å². The average molecular weight is 548 g/mol. The van der Waals surface area contributed by atoms with Crippen molar-refractivity contribution in [2.75, 3.05) is 14.1 Å². The number of carbonyl (C=O) groups is 4. The lowest BCUT2D eigenvalue weighted by Crippen LogP contribution is -2.65. The highest BCUT2D eigenvalue weighted by atomic mass is 16.3. The molecule has 1 fully saturated rings. The molecule has 7 N–H and O–H groups in total. The number of aliphatic hydroxyl groups is 3. The molecule has 1 saturated carbocycles. The van der Waals surface area contributed by atoms with Gasteiger partial charge in [0.05, 0.1) is 11.6 Å². The largest absolute Gasteiger partial charge is 0.508 e. The molecule has 11 nitrogen and oxygen atoms in total. The van der Waals surface area contributed by atoms with Crippen molar-refractivity contribution in [1.82, 2.24) is 10.2 Å². The summed E-state index contributed by atoms with van der Waals surface area (Å²) in [6.45, 7) is 0.351. The van der Waals surface area contributed by atoms with E-state index in [0.29, 0.717) is 24.1 Å². The Bertz CT molecular complexity index is 1520. The van der Waals surface area contributed by atoms with Gasteiger partial charge in [-0.2, -0.15) is 0 Å². The lowest BCUT2D eigenvalue weighted by atomic mass is 9.57. The minimum absolute atomic E-state index is 0.0111. The third-order valence-electron chi connectivity index (χ3n) is 8.26. The van der Waals surface area contributed by atoms with Gasteiger partial charge in [-0.3, -0.25) is 24.1 Å². The van der Waals surface area contributed by atoms with Gasteiger partial charge in [-0.15, -0.1) is 0 Å². The van der Waals surface area contributed by atoms with Gasteiger partial charge < -0.3 is 31.5 Å². The summed E-state index contributed by atoms with van der Waals surface area (Å²) in [6, 6.07) is 9.29. The molecule has 5 rings (SSSR count). The molecule has 0 saturated heterocycles. The summed E-state index contributed by atoms with van der Waals surface area (Å²) in [6.07, 6.45) is 0.804. The number of amides is 2. The normalized spacial score (nSPS) is 25.9. The van der Waals surface area contributed by atoms with Crippen LogP contribution in [0, 0.1) is 11.8 Å². The van der Waals surface area contributed by atoms with E-state index >= 15 is 0 Å². The van der Waals surface area contributed by atoms with Crippen molar-refractivity contribution >= 4 is 29.6 Å². The van der Waals surface area contributed by atoms with Crippen LogP contribution in [0.1, 0.15) is 23.1 Å². The Hall–Kier alpha value is -4.48. The number of phenolic OH excluding ortho intramolecular Hbond substituents is 1. The zero-order chi connectivity index (χ0) is 29.1. The number of Topliss-reactive ketones (excluding diaryl/α,β-unsaturated/α-hetero) is 2. The Morgan fingerprint density at radius 3 is 2.40 bits per heavy atom. The Balaban J connectivity index is 1.67. The molecule has 2 aromatic carbocycles. The molecule has 0 radical (unpaired) electrons. The van der Waals surface area contributed by atoms with Gasteiger partial charge >= 0.3 is 0 Å². The molecule has 2 amide bonds. The van der Waals surface area contributed by atoms with Crippen LogP contribution in [0.25, 0.3) is 16.9 Å². The number of nitrogens with zero attached hydrogens (tertiary/aromatic N) is 1. The molecule has 3 aliphatic carbocycles. The van der Waals surface area contributed by atoms with E-state index in [1.165, 1.54) is 11.0 Å². The SMILES string of the molecule is CN(C)[C@@H]1C(=O)C(C(N)=O)=C(O)[C@@]2(O)C(=O)C3=C(O)c4c(O)ccc(-c5ccc(CNC=O)cc5)c4CC3CC12. The predicted molar refractivity (Wildman–Crippen MR) is 143 cm³/mol. The number of nitrogens with one attached hydrogen (secondary N) is 1. The van der Waals surface area contributed by atoms with E-state index in [9.17, 15) is 39.6 Å². The van der Waals surface area contributed by atoms with Gasteiger partial charge in [-0.25, -0.2) is 0 Å². The second kappa shape index (κ2) is 9.61. The van der Waals surface area contributed by atoms with E-state index in [-0.39, 0.29) is 29.7 Å². The van der Waals surface area contributed by atoms with Gasteiger partial charge in [0.25, 0.3) is 5.91 Å². The smallest absolute Gasteiger partial charge is 0.255 e. The number of hydrogen-bond acceptors (Lipinski definition) is 9. The summed E-state index contributed by atoms with van der Waals surface area (Å²) in [5.74, 6) is -6.88. The van der Waals surface area contributed by atoms with Crippen molar-refractivity contribution in [3.63, 3.8) is 0 Å². The standard InChI is InChI=1S/C29H29N3O8/c1-32(2)23-18-10-15-9-17-16(14-5-3-13(4-6-14)11-31-12-33)7-8-19(34)21(17)24(35)20(15)26(37)29(18,40)27(38)22(25(23)36)28(30)39/h3-8,12,15,18,23,34-35,38,40H,9-11H2,1-2H3,(H2,30,39)(H,31,33)/t15?,18?,23-,29-/m0/s1. The first kappa shape index (κ1) is 27.1. The predicted octanol–water partition coefficient (Wildman–Crippen LogP) is 0.877. The summed E-state index contributed by atoms with van der Waals surface area (Å²) >= 11 is 0. The molecule has 4 atom stereocenters. The minimum Gasteiger partial charge on any atom is -0.508 e. The molecule has 0 heterocycles. The first-order valence-electron chi connectivity index (χ1n) is 12.7. The van der Waals surface area contributed by atoms with Gasteiger partial charge in [0, 0.05) is 18.0 Å². The number of fused-ring (bicyclic) bond motifs is 3. The molecule has 0 spiro atoms. The van der Waals surface area contributed by atoms with E-state index < -0.39 is 58.0 Å². The van der Waals surface area contributed by atoms with Crippen LogP contribution < -0.4 is 11.1 Å². The number of likely N-dealkylation sites (N-methyl/N-ethyl adjacent to an activating group) is 1. The number of benzene rings is 2. The second-order valence-corrected chi connectivity index (χ2v) is 10.6. The Morgan fingerprint density at radius 2 is 1.80 bits per heavy atom. The van der Waals surface area contributed by atoms with Crippen molar-refractivity contribution < 1.29 is 39.6 Å². The highest BCUT2D eigenvalue weighted by molar-refractivity contribution is 6.24. The molecule has 0 aliphatic heterocycles. The maximum Gasteiger partial charge on any atom is 0.255 e. The summed E-state index contributed by atoms with van der Waals surface area (Å²) in [7, 11) is 3.11.